The molecule has 2 heteroatoms. The standard InChI is InChI=1S/C15H19NO/c1-11-7-15(6-5-14(11)10-17)16-8-12-3-2-4-13(12)9-16/h5-7,10,12-13H,2-4,8-9H2,1H3. The van der Waals surface area contributed by atoms with Crippen molar-refractivity contribution >= 4 is 12.0 Å². The molecular formula is C15H19NO. The molecule has 0 N–H and O–H groups in total. The number of aldehydes is 1. The molecule has 2 nitrogen and oxygen atoms in total. The van der Waals surface area contributed by atoms with Gasteiger partial charge in [-0.3, -0.25) is 4.79 Å². The van der Waals surface area contributed by atoms with Crippen LogP contribution >= 0.6 is 0 Å². The zero-order valence-corrected chi connectivity index (χ0v) is 10.4. The average molecular weight is 229 g/mol. The predicted octanol–water partition coefficient (Wildman–Crippen LogP) is 3.04. The van der Waals surface area contributed by atoms with E-state index in [9.17, 15) is 4.79 Å². The number of aryl methyl sites for hydroxylation is 1. The van der Waals surface area contributed by atoms with Gasteiger partial charge in [0, 0.05) is 24.3 Å². The number of fused-ring (bicyclic) bond motifs is 1. The van der Waals surface area contributed by atoms with Crippen molar-refractivity contribution in [3.05, 3.63) is 29.3 Å². The number of benzene rings is 1. The number of rotatable bonds is 2. The van der Waals surface area contributed by atoms with Crippen LogP contribution in [-0.4, -0.2) is 19.4 Å². The Morgan fingerprint density at radius 2 is 1.94 bits per heavy atom. The van der Waals surface area contributed by atoms with E-state index in [2.05, 4.69) is 17.0 Å². The van der Waals surface area contributed by atoms with Gasteiger partial charge in [-0.05, 0) is 55.4 Å². The SMILES string of the molecule is Cc1cc(N2CC3CCCC3C2)ccc1C=O. The summed E-state index contributed by atoms with van der Waals surface area (Å²) in [6.45, 7) is 4.44. The van der Waals surface area contributed by atoms with Gasteiger partial charge in [0.1, 0.15) is 6.29 Å². The van der Waals surface area contributed by atoms with E-state index >= 15 is 0 Å². The van der Waals surface area contributed by atoms with E-state index in [1.54, 1.807) is 0 Å². The fraction of sp³-hybridized carbons (Fsp3) is 0.533. The fourth-order valence-electron chi connectivity index (χ4n) is 3.43. The smallest absolute Gasteiger partial charge is 0.150 e. The number of hydrogen-bond acceptors (Lipinski definition) is 2. The Kier molecular flexibility index (Phi) is 2.65. The van der Waals surface area contributed by atoms with Gasteiger partial charge in [-0.15, -0.1) is 0 Å². The zero-order valence-electron chi connectivity index (χ0n) is 10.4. The van der Waals surface area contributed by atoms with Crippen molar-refractivity contribution < 1.29 is 4.79 Å². The Morgan fingerprint density at radius 1 is 1.24 bits per heavy atom. The van der Waals surface area contributed by atoms with E-state index in [1.165, 1.54) is 38.0 Å². The molecular weight excluding hydrogens is 210 g/mol. The molecule has 2 fully saturated rings. The number of carbonyl (C=O) groups is 1. The van der Waals surface area contributed by atoms with Gasteiger partial charge in [-0.25, -0.2) is 0 Å². The molecule has 1 aromatic carbocycles. The summed E-state index contributed by atoms with van der Waals surface area (Å²) >= 11 is 0. The zero-order chi connectivity index (χ0) is 11.8. The Hall–Kier alpha value is -1.31. The largest absolute Gasteiger partial charge is 0.371 e. The van der Waals surface area contributed by atoms with E-state index in [4.69, 9.17) is 0 Å². The van der Waals surface area contributed by atoms with E-state index < -0.39 is 0 Å². The summed E-state index contributed by atoms with van der Waals surface area (Å²) in [4.78, 5) is 13.3. The lowest BCUT2D eigenvalue weighted by atomic mass is 10.0. The highest BCUT2D eigenvalue weighted by atomic mass is 16.1. The van der Waals surface area contributed by atoms with Gasteiger partial charge < -0.3 is 4.90 Å². The summed E-state index contributed by atoms with van der Waals surface area (Å²) in [6, 6.07) is 6.20. The van der Waals surface area contributed by atoms with E-state index in [-0.39, 0.29) is 0 Å². The van der Waals surface area contributed by atoms with Gasteiger partial charge in [0.05, 0.1) is 0 Å². The molecule has 0 aromatic heterocycles. The van der Waals surface area contributed by atoms with Crippen LogP contribution in [0.15, 0.2) is 18.2 Å². The number of anilines is 1. The van der Waals surface area contributed by atoms with Crippen LogP contribution in [0.3, 0.4) is 0 Å². The van der Waals surface area contributed by atoms with Crippen molar-refractivity contribution in [1.82, 2.24) is 0 Å². The van der Waals surface area contributed by atoms with Crippen LogP contribution in [0.1, 0.15) is 35.2 Å². The van der Waals surface area contributed by atoms with Crippen LogP contribution in [-0.2, 0) is 0 Å². The van der Waals surface area contributed by atoms with Gasteiger partial charge >= 0.3 is 0 Å². The summed E-state index contributed by atoms with van der Waals surface area (Å²) in [5.41, 5.74) is 3.20. The first-order chi connectivity index (χ1) is 8.28. The third kappa shape index (κ3) is 1.86. The Bertz CT molecular complexity index is 429. The lowest BCUT2D eigenvalue weighted by molar-refractivity contribution is 0.112. The van der Waals surface area contributed by atoms with E-state index in [1.807, 2.05) is 13.0 Å². The molecule has 2 aliphatic rings. The maximum atomic E-state index is 10.8. The third-order valence-corrected chi connectivity index (χ3v) is 4.47. The lowest BCUT2D eigenvalue weighted by Crippen LogP contribution is -2.20. The summed E-state index contributed by atoms with van der Waals surface area (Å²) < 4.78 is 0. The Balaban J connectivity index is 1.81. The third-order valence-electron chi connectivity index (χ3n) is 4.47. The number of nitrogens with zero attached hydrogens (tertiary/aromatic N) is 1. The molecule has 2 atom stereocenters. The van der Waals surface area contributed by atoms with E-state index in [0.29, 0.717) is 0 Å². The van der Waals surface area contributed by atoms with Gasteiger partial charge in [0.25, 0.3) is 0 Å². The minimum absolute atomic E-state index is 0.813. The molecule has 1 aliphatic heterocycles. The summed E-state index contributed by atoms with van der Waals surface area (Å²) in [5, 5.41) is 0. The van der Waals surface area contributed by atoms with Crippen LogP contribution in [0.4, 0.5) is 5.69 Å². The molecule has 1 aromatic rings. The maximum absolute atomic E-state index is 10.8. The first-order valence-electron chi connectivity index (χ1n) is 6.58. The molecule has 1 heterocycles. The first-order valence-corrected chi connectivity index (χ1v) is 6.58. The number of hydrogen-bond donors (Lipinski definition) is 0. The van der Waals surface area contributed by atoms with Crippen molar-refractivity contribution in [3.63, 3.8) is 0 Å². The van der Waals surface area contributed by atoms with Crippen molar-refractivity contribution in [2.45, 2.75) is 26.2 Å². The maximum Gasteiger partial charge on any atom is 0.150 e. The monoisotopic (exact) mass is 229 g/mol. The predicted molar refractivity (Wildman–Crippen MR) is 69.6 cm³/mol. The van der Waals surface area contributed by atoms with Crippen LogP contribution in [0.5, 0.6) is 0 Å². The summed E-state index contributed by atoms with van der Waals surface area (Å²) in [6.07, 6.45) is 5.18. The molecule has 17 heavy (non-hydrogen) atoms. The van der Waals surface area contributed by atoms with Gasteiger partial charge in [0.2, 0.25) is 0 Å². The molecule has 0 bridgehead atoms. The van der Waals surface area contributed by atoms with Crippen molar-refractivity contribution in [2.24, 2.45) is 11.8 Å². The molecule has 0 amide bonds. The van der Waals surface area contributed by atoms with E-state index in [0.717, 1.165) is 29.2 Å². The molecule has 0 radical (unpaired) electrons. The molecule has 1 saturated carbocycles. The van der Waals surface area contributed by atoms with Crippen LogP contribution < -0.4 is 4.90 Å². The normalized spacial score (nSPS) is 27.2. The average Bonchev–Trinajstić information content (AvgIpc) is 2.88. The second kappa shape index (κ2) is 4.17. The Morgan fingerprint density at radius 3 is 2.53 bits per heavy atom. The Labute approximate surface area is 103 Å². The van der Waals surface area contributed by atoms with Crippen molar-refractivity contribution in [1.29, 1.82) is 0 Å². The number of carbonyl (C=O) groups excluding carboxylic acids is 1. The second-order valence-corrected chi connectivity index (χ2v) is 5.51. The van der Waals surface area contributed by atoms with Gasteiger partial charge in [-0.1, -0.05) is 6.42 Å². The second-order valence-electron chi connectivity index (χ2n) is 5.51. The molecule has 1 saturated heterocycles. The van der Waals surface area contributed by atoms with Crippen LogP contribution in [0.25, 0.3) is 0 Å². The highest BCUT2D eigenvalue weighted by molar-refractivity contribution is 5.78. The van der Waals surface area contributed by atoms with Crippen molar-refractivity contribution in [2.75, 3.05) is 18.0 Å². The quantitative estimate of drug-likeness (QED) is 0.726. The van der Waals surface area contributed by atoms with Gasteiger partial charge in [0.15, 0.2) is 0 Å². The first kappa shape index (κ1) is 10.8. The minimum Gasteiger partial charge on any atom is -0.371 e. The fourth-order valence-corrected chi connectivity index (χ4v) is 3.43. The highest BCUT2D eigenvalue weighted by Crippen LogP contribution is 2.39. The molecule has 2 unspecified atom stereocenters. The van der Waals surface area contributed by atoms with Crippen LogP contribution in [0.2, 0.25) is 0 Å². The minimum atomic E-state index is 0.813. The highest BCUT2D eigenvalue weighted by Gasteiger charge is 2.36. The van der Waals surface area contributed by atoms with Gasteiger partial charge in [-0.2, -0.15) is 0 Å². The summed E-state index contributed by atoms with van der Waals surface area (Å²) in [5.74, 6) is 1.84. The lowest BCUT2D eigenvalue weighted by Gasteiger charge is -2.20. The topological polar surface area (TPSA) is 20.3 Å². The summed E-state index contributed by atoms with van der Waals surface area (Å²) in [7, 11) is 0. The van der Waals surface area contributed by atoms with Crippen LogP contribution in [0, 0.1) is 18.8 Å². The molecule has 0 spiro atoms. The molecule has 3 rings (SSSR count). The molecule has 1 aliphatic carbocycles. The van der Waals surface area contributed by atoms with Crippen molar-refractivity contribution in [3.8, 4) is 0 Å². The molecule has 90 valence electrons.